The highest BCUT2D eigenvalue weighted by Gasteiger charge is 2.57. The Morgan fingerprint density at radius 3 is 2.51 bits per heavy atom. The van der Waals surface area contributed by atoms with Crippen molar-refractivity contribution in [1.29, 1.82) is 0 Å². The predicted molar refractivity (Wildman–Crippen MR) is 145 cm³/mol. The van der Waals surface area contributed by atoms with Crippen LogP contribution < -0.4 is 25.4 Å². The lowest BCUT2D eigenvalue weighted by atomic mass is 9.99. The van der Waals surface area contributed by atoms with Gasteiger partial charge in [-0.2, -0.15) is 0 Å². The molecule has 16 heteroatoms. The molecular weight excluding hydrogens is 592 g/mol. The molecule has 1 fully saturated rings. The molecule has 1 aliphatic rings. The van der Waals surface area contributed by atoms with Crippen LogP contribution in [0.4, 0.5) is 9.18 Å². The molecule has 0 spiro atoms. The smallest absolute Gasteiger partial charge is 0.509 e. The number of H-pyrrole nitrogens is 1. The number of nitrogens with one attached hydrogen (secondary N) is 1. The number of alkyl halides is 1. The average Bonchev–Trinajstić information content (AvgIpc) is 3.21. The fraction of sp³-hybridized carbons (Fsp3) is 0.333. The first-order chi connectivity index (χ1) is 20.5. The van der Waals surface area contributed by atoms with Crippen LogP contribution in [0.3, 0.4) is 0 Å². The lowest BCUT2D eigenvalue weighted by molar-refractivity contribution is -0.169. The Bertz CT molecular complexity index is 1600. The number of halogens is 1. The fourth-order valence-electron chi connectivity index (χ4n) is 4.06. The SMILES string of the molecule is CC(N=[P+]([O-])Oc1ccccc1OC[C@@]1(C)O[C@@H](n2ccc(=O)[nH]c2=O)[C@H](F)[C@@H]1OC(=O)OCc1ccccc1)C(=O)O. The molecule has 1 aromatic heterocycles. The number of aromatic amines is 1. The summed E-state index contributed by atoms with van der Waals surface area (Å²) in [5.41, 5.74) is -2.76. The van der Waals surface area contributed by atoms with E-state index < -0.39 is 68.3 Å². The molecule has 3 aromatic rings. The number of carboxylic acid groups (broad SMARTS) is 1. The first-order valence-electron chi connectivity index (χ1n) is 12.8. The molecule has 2 aromatic carbocycles. The summed E-state index contributed by atoms with van der Waals surface area (Å²) in [4.78, 5) is 61.9. The summed E-state index contributed by atoms with van der Waals surface area (Å²) in [6.45, 7) is 1.95. The first kappa shape index (κ1) is 31.3. The maximum absolute atomic E-state index is 15.9. The first-order valence-corrected chi connectivity index (χ1v) is 13.9. The van der Waals surface area contributed by atoms with Crippen LogP contribution in [-0.4, -0.2) is 57.3 Å². The van der Waals surface area contributed by atoms with E-state index >= 15 is 4.39 Å². The van der Waals surface area contributed by atoms with Crippen molar-refractivity contribution in [2.45, 2.75) is 50.6 Å². The second-order valence-corrected chi connectivity index (χ2v) is 10.4. The number of aromatic nitrogens is 2. The van der Waals surface area contributed by atoms with E-state index in [-0.39, 0.29) is 18.1 Å². The van der Waals surface area contributed by atoms with E-state index in [1.54, 1.807) is 36.4 Å². The molecule has 4 rings (SSSR count). The summed E-state index contributed by atoms with van der Waals surface area (Å²) in [6, 6.07) is 14.3. The normalized spacial score (nSPS) is 22.4. The van der Waals surface area contributed by atoms with Crippen molar-refractivity contribution in [1.82, 2.24) is 9.55 Å². The van der Waals surface area contributed by atoms with Crippen molar-refractivity contribution in [3.63, 3.8) is 0 Å². The highest BCUT2D eigenvalue weighted by molar-refractivity contribution is 7.34. The van der Waals surface area contributed by atoms with Gasteiger partial charge in [-0.15, -0.1) is 0 Å². The summed E-state index contributed by atoms with van der Waals surface area (Å²) in [7, 11) is -2.80. The lowest BCUT2D eigenvalue weighted by Gasteiger charge is -2.29. The molecule has 0 amide bonds. The number of ether oxygens (including phenoxy) is 4. The number of nitrogens with zero attached hydrogens (tertiary/aromatic N) is 2. The van der Waals surface area contributed by atoms with Gasteiger partial charge in [0, 0.05) is 12.3 Å². The number of carbonyl (C=O) groups excluding carboxylic acids is 1. The van der Waals surface area contributed by atoms with Crippen molar-refractivity contribution in [2.75, 3.05) is 6.61 Å². The van der Waals surface area contributed by atoms with Gasteiger partial charge in [0.05, 0.1) is 0 Å². The summed E-state index contributed by atoms with van der Waals surface area (Å²) in [5.74, 6) is -1.37. The molecule has 2 unspecified atom stereocenters. The Balaban J connectivity index is 1.56. The van der Waals surface area contributed by atoms with Crippen LogP contribution in [0.15, 0.2) is 81.2 Å². The topological polar surface area (TPSA) is 191 Å². The van der Waals surface area contributed by atoms with E-state index in [1.807, 2.05) is 4.98 Å². The zero-order valence-electron chi connectivity index (χ0n) is 22.8. The number of para-hydroxylation sites is 2. The van der Waals surface area contributed by atoms with E-state index in [4.69, 9.17) is 28.6 Å². The van der Waals surface area contributed by atoms with Crippen molar-refractivity contribution in [3.05, 3.63) is 93.3 Å². The number of hydrogen-bond donors (Lipinski definition) is 2. The van der Waals surface area contributed by atoms with Crippen molar-refractivity contribution in [2.24, 2.45) is 4.74 Å². The molecule has 14 nitrogen and oxygen atoms in total. The number of benzene rings is 2. The van der Waals surface area contributed by atoms with E-state index in [0.717, 1.165) is 16.8 Å². The summed E-state index contributed by atoms with van der Waals surface area (Å²) < 4.78 is 47.7. The maximum atomic E-state index is 15.9. The molecule has 2 N–H and O–H groups in total. The minimum Gasteiger partial charge on any atom is -0.575 e. The van der Waals surface area contributed by atoms with Gasteiger partial charge in [0.15, 0.2) is 30.3 Å². The number of hydrogen-bond acceptors (Lipinski definition) is 11. The highest BCUT2D eigenvalue weighted by Crippen LogP contribution is 2.42. The lowest BCUT2D eigenvalue weighted by Crippen LogP contribution is -2.47. The quantitative estimate of drug-likeness (QED) is 0.237. The minimum atomic E-state index is -2.80. The van der Waals surface area contributed by atoms with Crippen molar-refractivity contribution >= 4 is 20.3 Å². The van der Waals surface area contributed by atoms with Crippen molar-refractivity contribution < 1.29 is 47.5 Å². The van der Waals surface area contributed by atoms with Crippen LogP contribution in [0, 0.1) is 0 Å². The summed E-state index contributed by atoms with van der Waals surface area (Å²) in [6.07, 6.45) is -5.61. The van der Waals surface area contributed by atoms with Gasteiger partial charge in [0.1, 0.15) is 18.8 Å². The summed E-state index contributed by atoms with van der Waals surface area (Å²) in [5, 5.41) is 8.99. The van der Waals surface area contributed by atoms with Crippen LogP contribution in [-0.2, 0) is 25.6 Å². The van der Waals surface area contributed by atoms with E-state index in [0.29, 0.717) is 5.56 Å². The molecule has 2 heterocycles. The largest absolute Gasteiger partial charge is 0.575 e. The number of aliphatic carboxylic acids is 1. The van der Waals surface area contributed by atoms with Gasteiger partial charge in [-0.25, -0.2) is 18.8 Å². The Labute approximate surface area is 244 Å². The van der Waals surface area contributed by atoms with Crippen LogP contribution in [0.5, 0.6) is 11.5 Å². The van der Waals surface area contributed by atoms with Gasteiger partial charge in [-0.05, 0) is 31.5 Å². The Hall–Kier alpha value is -4.59. The minimum absolute atomic E-state index is 0.000626. The molecule has 0 saturated carbocycles. The Morgan fingerprint density at radius 2 is 1.84 bits per heavy atom. The molecule has 0 radical (unpaired) electrons. The van der Waals surface area contributed by atoms with Crippen LogP contribution in [0.2, 0.25) is 0 Å². The highest BCUT2D eigenvalue weighted by atomic mass is 31.1. The van der Waals surface area contributed by atoms with Crippen LogP contribution >= 0.6 is 8.17 Å². The molecule has 228 valence electrons. The number of carboxylic acids is 1. The summed E-state index contributed by atoms with van der Waals surface area (Å²) >= 11 is 0. The van der Waals surface area contributed by atoms with E-state index in [1.165, 1.54) is 32.0 Å². The standard InChI is InChI=1S/C27H27FN3O11P/c1-16(24(33)34)30-43(37)42-19-11-7-6-10-18(19)39-15-27(2)22(40-26(36)38-14-17-8-4-3-5-9-17)21(28)23(41-27)31-13-12-20(32)29-25(31)35/h3-13,16,21-23H,14-15H2,1-2H3,(H,33,34)(H,29,32,35)/t16?,21-,22+,23-,27-/m1/s1. The number of carbonyl (C=O) groups is 2. The van der Waals surface area contributed by atoms with E-state index in [9.17, 15) is 24.1 Å². The monoisotopic (exact) mass is 619 g/mol. The third kappa shape index (κ3) is 7.83. The second-order valence-electron chi connectivity index (χ2n) is 9.54. The zero-order chi connectivity index (χ0) is 31.1. The number of rotatable bonds is 11. The maximum Gasteiger partial charge on any atom is 0.509 e. The van der Waals surface area contributed by atoms with Gasteiger partial charge in [-0.1, -0.05) is 47.2 Å². The molecule has 0 bridgehead atoms. The van der Waals surface area contributed by atoms with Gasteiger partial charge >= 0.3 is 26.0 Å². The molecular formula is C27H27FN3O11P. The molecule has 43 heavy (non-hydrogen) atoms. The third-order valence-corrected chi connectivity index (χ3v) is 7.15. The Morgan fingerprint density at radius 1 is 1.16 bits per heavy atom. The molecule has 1 aliphatic heterocycles. The molecule has 1 saturated heterocycles. The van der Waals surface area contributed by atoms with Crippen molar-refractivity contribution in [3.8, 4) is 11.5 Å². The molecule has 0 aliphatic carbocycles. The molecule has 6 atom stereocenters. The van der Waals surface area contributed by atoms with Gasteiger partial charge in [0.2, 0.25) is 5.75 Å². The van der Waals surface area contributed by atoms with Crippen LogP contribution in [0.25, 0.3) is 0 Å². The fourth-order valence-corrected chi connectivity index (χ4v) is 4.80. The van der Waals surface area contributed by atoms with Gasteiger partial charge in [0.25, 0.3) is 5.56 Å². The van der Waals surface area contributed by atoms with Crippen LogP contribution in [0.1, 0.15) is 25.6 Å². The van der Waals surface area contributed by atoms with Gasteiger partial charge < -0.3 is 28.9 Å². The van der Waals surface area contributed by atoms with Gasteiger partial charge in [-0.3, -0.25) is 18.9 Å². The second kappa shape index (κ2) is 13.6. The predicted octanol–water partition coefficient (Wildman–Crippen LogP) is 2.67. The average molecular weight is 619 g/mol. The Kier molecular flexibility index (Phi) is 9.91. The third-order valence-electron chi connectivity index (χ3n) is 6.27. The zero-order valence-corrected chi connectivity index (χ0v) is 23.7. The van der Waals surface area contributed by atoms with E-state index in [2.05, 4.69) is 4.74 Å².